The molecule has 0 radical (unpaired) electrons. The lowest BCUT2D eigenvalue weighted by atomic mass is 10.2. The van der Waals surface area contributed by atoms with Crippen LogP contribution in [0.25, 0.3) is 10.2 Å². The number of terminal acetylenes is 1. The second-order valence-electron chi connectivity index (χ2n) is 7.14. The number of benzene rings is 2. The Morgan fingerprint density at radius 3 is 2.50 bits per heavy atom. The SMILES string of the molecule is C#CCn1c(=NC(=O)c2ccc(S(=O)(=O)N(C)C(C)C)cc2)sc2cc([N+](=O)[O-])ccc21. The van der Waals surface area contributed by atoms with Crippen molar-refractivity contribution in [1.29, 1.82) is 0 Å². The Morgan fingerprint density at radius 2 is 1.94 bits per heavy atom. The van der Waals surface area contributed by atoms with E-state index in [2.05, 4.69) is 10.9 Å². The average Bonchev–Trinajstić information content (AvgIpc) is 3.09. The third kappa shape index (κ3) is 4.47. The zero-order chi connectivity index (χ0) is 23.6. The van der Waals surface area contributed by atoms with Crippen LogP contribution in [0.2, 0.25) is 0 Å². The number of thiazole rings is 1. The van der Waals surface area contributed by atoms with Gasteiger partial charge < -0.3 is 4.57 Å². The van der Waals surface area contributed by atoms with Crippen molar-refractivity contribution >= 4 is 43.2 Å². The van der Waals surface area contributed by atoms with Gasteiger partial charge in [-0.05, 0) is 44.2 Å². The normalized spacial score (nSPS) is 12.4. The minimum Gasteiger partial charge on any atom is -0.305 e. The summed E-state index contributed by atoms with van der Waals surface area (Å²) < 4.78 is 28.6. The number of sulfonamides is 1. The highest BCUT2D eigenvalue weighted by atomic mass is 32.2. The summed E-state index contributed by atoms with van der Waals surface area (Å²) >= 11 is 1.11. The van der Waals surface area contributed by atoms with E-state index in [0.29, 0.717) is 15.0 Å². The fraction of sp³-hybridized carbons (Fsp3) is 0.238. The van der Waals surface area contributed by atoms with Gasteiger partial charge in [0.1, 0.15) is 0 Å². The number of fused-ring (bicyclic) bond motifs is 1. The maximum absolute atomic E-state index is 12.7. The van der Waals surface area contributed by atoms with Gasteiger partial charge in [-0.25, -0.2) is 8.42 Å². The predicted molar refractivity (Wildman–Crippen MR) is 122 cm³/mol. The molecule has 0 unspecified atom stereocenters. The summed E-state index contributed by atoms with van der Waals surface area (Å²) in [5.41, 5.74) is 0.753. The quantitative estimate of drug-likeness (QED) is 0.311. The minimum absolute atomic E-state index is 0.0711. The van der Waals surface area contributed by atoms with Gasteiger partial charge in [-0.2, -0.15) is 9.30 Å². The highest BCUT2D eigenvalue weighted by Crippen LogP contribution is 2.23. The molecular weight excluding hydrogens is 452 g/mol. The summed E-state index contributed by atoms with van der Waals surface area (Å²) in [4.78, 5) is 27.8. The van der Waals surface area contributed by atoms with Gasteiger partial charge in [0.2, 0.25) is 10.0 Å². The van der Waals surface area contributed by atoms with E-state index in [4.69, 9.17) is 6.42 Å². The van der Waals surface area contributed by atoms with Crippen LogP contribution in [-0.4, -0.2) is 41.2 Å². The van der Waals surface area contributed by atoms with E-state index < -0.39 is 20.9 Å². The van der Waals surface area contributed by atoms with Crippen molar-refractivity contribution in [2.75, 3.05) is 7.05 Å². The number of nitrogens with zero attached hydrogens (tertiary/aromatic N) is 4. The highest BCUT2D eigenvalue weighted by molar-refractivity contribution is 7.89. The molecule has 32 heavy (non-hydrogen) atoms. The Hall–Kier alpha value is -3.33. The van der Waals surface area contributed by atoms with Crippen molar-refractivity contribution in [3.05, 3.63) is 62.9 Å². The summed E-state index contributed by atoms with van der Waals surface area (Å²) in [6.07, 6.45) is 5.44. The molecule has 0 bridgehead atoms. The molecule has 0 spiro atoms. The molecule has 1 amide bonds. The molecular formula is C21H20N4O5S2. The molecule has 166 valence electrons. The summed E-state index contributed by atoms with van der Waals surface area (Å²) in [5.74, 6) is 1.90. The van der Waals surface area contributed by atoms with Crippen LogP contribution >= 0.6 is 11.3 Å². The maximum atomic E-state index is 12.7. The number of non-ortho nitro benzene ring substituents is 1. The molecule has 0 saturated carbocycles. The van der Waals surface area contributed by atoms with Gasteiger partial charge in [0, 0.05) is 30.8 Å². The molecule has 9 nitrogen and oxygen atoms in total. The van der Waals surface area contributed by atoms with Crippen molar-refractivity contribution in [1.82, 2.24) is 8.87 Å². The van der Waals surface area contributed by atoms with Gasteiger partial charge in [-0.3, -0.25) is 14.9 Å². The number of hydrogen-bond donors (Lipinski definition) is 0. The first-order chi connectivity index (χ1) is 15.1. The molecule has 0 fully saturated rings. The Balaban J connectivity index is 2.01. The lowest BCUT2D eigenvalue weighted by Gasteiger charge is -2.20. The van der Waals surface area contributed by atoms with Gasteiger partial charge >= 0.3 is 0 Å². The van der Waals surface area contributed by atoms with Crippen LogP contribution in [0.5, 0.6) is 0 Å². The fourth-order valence-electron chi connectivity index (χ4n) is 2.87. The number of hydrogen-bond acceptors (Lipinski definition) is 6. The van der Waals surface area contributed by atoms with Gasteiger partial charge in [-0.15, -0.1) is 6.42 Å². The molecule has 3 rings (SSSR count). The van der Waals surface area contributed by atoms with E-state index in [1.54, 1.807) is 24.5 Å². The molecule has 2 aromatic carbocycles. The van der Waals surface area contributed by atoms with E-state index in [0.717, 1.165) is 11.3 Å². The predicted octanol–water partition coefficient (Wildman–Crippen LogP) is 3.01. The number of aromatic nitrogens is 1. The second-order valence-corrected chi connectivity index (χ2v) is 10.1. The Bertz CT molecular complexity index is 1410. The molecule has 11 heteroatoms. The van der Waals surface area contributed by atoms with Crippen molar-refractivity contribution in [2.24, 2.45) is 4.99 Å². The molecule has 0 atom stereocenters. The number of rotatable bonds is 6. The van der Waals surface area contributed by atoms with Gasteiger partial charge in [0.15, 0.2) is 4.80 Å². The summed E-state index contributed by atoms with van der Waals surface area (Å²) in [5, 5.41) is 11.0. The van der Waals surface area contributed by atoms with Crippen LogP contribution in [0.1, 0.15) is 24.2 Å². The molecule has 0 N–H and O–H groups in total. The second kappa shape index (κ2) is 9.04. The van der Waals surface area contributed by atoms with E-state index >= 15 is 0 Å². The molecule has 0 aliphatic carbocycles. The standard InChI is InChI=1S/C21H20N4O5S2/c1-5-12-24-18-11-8-16(25(27)28)13-19(18)31-21(24)22-20(26)15-6-9-17(10-7-15)32(29,30)23(4)14(2)3/h1,6-11,13-14H,12H2,2-4H3. The molecule has 3 aromatic rings. The number of carbonyl (C=O) groups is 1. The van der Waals surface area contributed by atoms with Gasteiger partial charge in [-0.1, -0.05) is 17.3 Å². The van der Waals surface area contributed by atoms with Crippen molar-refractivity contribution in [3.63, 3.8) is 0 Å². The van der Waals surface area contributed by atoms with Crippen LogP contribution in [0, 0.1) is 22.5 Å². The largest absolute Gasteiger partial charge is 0.305 e. The van der Waals surface area contributed by atoms with Crippen molar-refractivity contribution < 1.29 is 18.1 Å². The molecule has 1 heterocycles. The Kier molecular flexibility index (Phi) is 6.59. The van der Waals surface area contributed by atoms with E-state index in [1.807, 2.05) is 0 Å². The van der Waals surface area contributed by atoms with Crippen LogP contribution in [0.15, 0.2) is 52.4 Å². The first kappa shape index (κ1) is 23.3. The fourth-order valence-corrected chi connectivity index (χ4v) is 5.30. The van der Waals surface area contributed by atoms with Crippen LogP contribution in [0.4, 0.5) is 5.69 Å². The van der Waals surface area contributed by atoms with Gasteiger partial charge in [0.25, 0.3) is 11.6 Å². The number of nitro benzene ring substituents is 1. The summed E-state index contributed by atoms with van der Waals surface area (Å²) in [6.45, 7) is 3.65. The van der Waals surface area contributed by atoms with Crippen LogP contribution < -0.4 is 4.80 Å². The van der Waals surface area contributed by atoms with Crippen molar-refractivity contribution in [2.45, 2.75) is 31.3 Å². The monoisotopic (exact) mass is 472 g/mol. The minimum atomic E-state index is -3.67. The van der Waals surface area contributed by atoms with Crippen molar-refractivity contribution in [3.8, 4) is 12.3 Å². The third-order valence-corrected chi connectivity index (χ3v) is 7.92. The molecule has 0 aliphatic rings. The topological polar surface area (TPSA) is 115 Å². The lowest BCUT2D eigenvalue weighted by molar-refractivity contribution is -0.384. The summed E-state index contributed by atoms with van der Waals surface area (Å²) in [6, 6.07) is 9.64. The number of nitro groups is 1. The zero-order valence-corrected chi connectivity index (χ0v) is 19.2. The molecule has 0 saturated heterocycles. The van der Waals surface area contributed by atoms with E-state index in [1.165, 1.54) is 47.8 Å². The Labute approximate surface area is 188 Å². The Morgan fingerprint density at radius 1 is 1.28 bits per heavy atom. The first-order valence-corrected chi connectivity index (χ1v) is 11.7. The average molecular weight is 473 g/mol. The number of amides is 1. The highest BCUT2D eigenvalue weighted by Gasteiger charge is 2.23. The summed E-state index contributed by atoms with van der Waals surface area (Å²) in [7, 11) is -2.18. The lowest BCUT2D eigenvalue weighted by Crippen LogP contribution is -2.33. The first-order valence-electron chi connectivity index (χ1n) is 9.44. The molecule has 1 aromatic heterocycles. The van der Waals surface area contributed by atoms with Crippen LogP contribution in [-0.2, 0) is 16.6 Å². The van der Waals surface area contributed by atoms with E-state index in [9.17, 15) is 23.3 Å². The maximum Gasteiger partial charge on any atom is 0.279 e. The zero-order valence-electron chi connectivity index (χ0n) is 17.5. The smallest absolute Gasteiger partial charge is 0.279 e. The van der Waals surface area contributed by atoms with Crippen LogP contribution in [0.3, 0.4) is 0 Å². The molecule has 0 aliphatic heterocycles. The van der Waals surface area contributed by atoms with Gasteiger partial charge in [0.05, 0.1) is 26.6 Å². The number of carbonyl (C=O) groups excluding carboxylic acids is 1. The van der Waals surface area contributed by atoms with E-state index in [-0.39, 0.29) is 28.7 Å². The third-order valence-electron chi connectivity index (χ3n) is 4.83.